The van der Waals surface area contributed by atoms with E-state index in [-0.39, 0.29) is 5.82 Å². The van der Waals surface area contributed by atoms with Gasteiger partial charge < -0.3 is 4.90 Å². The van der Waals surface area contributed by atoms with E-state index in [9.17, 15) is 4.39 Å². The zero-order valence-electron chi connectivity index (χ0n) is 14.2. The molecule has 1 N–H and O–H groups in total. The van der Waals surface area contributed by atoms with Crippen LogP contribution in [0.3, 0.4) is 0 Å². The highest BCUT2D eigenvalue weighted by Crippen LogP contribution is 2.37. The summed E-state index contributed by atoms with van der Waals surface area (Å²) in [6, 6.07) is 16.7. The average molecular weight is 338 g/mol. The summed E-state index contributed by atoms with van der Waals surface area (Å²) in [4.78, 5) is 8.24. The quantitative estimate of drug-likeness (QED) is 0.821. The molecule has 0 aliphatic carbocycles. The van der Waals surface area contributed by atoms with Gasteiger partial charge in [-0.3, -0.25) is 10.3 Å². The first-order valence-corrected chi connectivity index (χ1v) is 8.95. The molecule has 2 aromatic carbocycles. The lowest BCUT2D eigenvalue weighted by Crippen LogP contribution is -2.41. The lowest BCUT2D eigenvalue weighted by atomic mass is 9.85. The molecule has 3 heterocycles. The molecule has 0 unspecified atom stereocenters. The number of fused-ring (bicyclic) bond motifs is 3. The number of halogens is 1. The normalized spacial score (nSPS) is 19.2. The van der Waals surface area contributed by atoms with E-state index in [2.05, 4.69) is 10.4 Å². The molecule has 0 radical (unpaired) electrons. The highest BCUT2D eigenvalue weighted by Gasteiger charge is 2.31. The van der Waals surface area contributed by atoms with Crippen molar-refractivity contribution in [2.45, 2.75) is 25.9 Å². The number of rotatable bonds is 5. The molecule has 4 heteroatoms. The van der Waals surface area contributed by atoms with Crippen LogP contribution in [-0.2, 0) is 11.4 Å². The topological polar surface area (TPSA) is 24.5 Å². The van der Waals surface area contributed by atoms with E-state index in [0.717, 1.165) is 42.3 Å². The number of hydrogen-bond donors (Lipinski definition) is 1. The van der Waals surface area contributed by atoms with Crippen LogP contribution < -0.4 is 5.48 Å². The second-order valence-electron chi connectivity index (χ2n) is 6.84. The van der Waals surface area contributed by atoms with Crippen LogP contribution in [0.5, 0.6) is 0 Å². The third kappa shape index (κ3) is 3.69. The van der Waals surface area contributed by atoms with Gasteiger partial charge in [-0.05, 0) is 55.0 Å². The van der Waals surface area contributed by atoms with Gasteiger partial charge in [0.1, 0.15) is 5.82 Å². The molecule has 130 valence electrons. The Morgan fingerprint density at radius 2 is 1.76 bits per heavy atom. The van der Waals surface area contributed by atoms with Gasteiger partial charge in [0.2, 0.25) is 0 Å². The Kier molecular flexibility index (Phi) is 4.70. The van der Waals surface area contributed by atoms with E-state index < -0.39 is 0 Å². The summed E-state index contributed by atoms with van der Waals surface area (Å²) in [5, 5.41) is 0. The van der Waals surface area contributed by atoms with Crippen LogP contribution in [-0.4, -0.2) is 18.0 Å². The Balaban J connectivity index is 1.57. The van der Waals surface area contributed by atoms with Gasteiger partial charge in [-0.25, -0.2) is 4.39 Å². The molecule has 3 aliphatic heterocycles. The fraction of sp³-hybridized carbons (Fsp3) is 0.333. The van der Waals surface area contributed by atoms with Crippen molar-refractivity contribution in [1.29, 1.82) is 0 Å². The average Bonchev–Trinajstić information content (AvgIpc) is 2.68. The van der Waals surface area contributed by atoms with Gasteiger partial charge >= 0.3 is 0 Å². The maximum absolute atomic E-state index is 13.3. The van der Waals surface area contributed by atoms with Gasteiger partial charge in [-0.2, -0.15) is 0 Å². The Labute approximate surface area is 148 Å². The fourth-order valence-corrected chi connectivity index (χ4v) is 3.74. The van der Waals surface area contributed by atoms with Crippen LogP contribution in [0, 0.1) is 11.7 Å². The predicted octanol–water partition coefficient (Wildman–Crippen LogP) is 4.33. The number of hydrogen-bond acceptors (Lipinski definition) is 3. The SMILES string of the molecule is Fc1ccc(C(NOCc2ccccc2)=C2CC3CCN2CC3)cc1. The highest BCUT2D eigenvalue weighted by atomic mass is 19.1. The monoisotopic (exact) mass is 338 g/mol. The molecule has 3 fully saturated rings. The minimum absolute atomic E-state index is 0.219. The Morgan fingerprint density at radius 3 is 2.40 bits per heavy atom. The van der Waals surface area contributed by atoms with Gasteiger partial charge in [-0.1, -0.05) is 30.3 Å². The standard InChI is InChI=1S/C21H23FN2O/c22-19-8-6-18(7-9-19)21(20-14-16-10-12-24(20)13-11-16)23-25-15-17-4-2-1-3-5-17/h1-9,16,23H,10-15H2. The minimum atomic E-state index is -0.219. The molecule has 25 heavy (non-hydrogen) atoms. The number of benzene rings is 2. The largest absolute Gasteiger partial charge is 0.373 e. The van der Waals surface area contributed by atoms with E-state index in [1.807, 2.05) is 42.5 Å². The molecular formula is C21H23FN2O. The van der Waals surface area contributed by atoms with Crippen molar-refractivity contribution in [3.05, 3.63) is 77.2 Å². The van der Waals surface area contributed by atoms with Gasteiger partial charge in [0.15, 0.2) is 0 Å². The lowest BCUT2D eigenvalue weighted by molar-refractivity contribution is 0.0608. The fourth-order valence-electron chi connectivity index (χ4n) is 3.74. The first-order valence-electron chi connectivity index (χ1n) is 8.95. The van der Waals surface area contributed by atoms with Crippen molar-refractivity contribution in [2.75, 3.05) is 13.1 Å². The van der Waals surface area contributed by atoms with Crippen molar-refractivity contribution in [2.24, 2.45) is 5.92 Å². The van der Waals surface area contributed by atoms with E-state index in [4.69, 9.17) is 4.84 Å². The van der Waals surface area contributed by atoms with E-state index in [1.54, 1.807) is 0 Å². The molecule has 0 spiro atoms. The van der Waals surface area contributed by atoms with Crippen molar-refractivity contribution in [1.82, 2.24) is 10.4 Å². The summed E-state index contributed by atoms with van der Waals surface area (Å²) in [7, 11) is 0. The molecular weight excluding hydrogens is 315 g/mol. The van der Waals surface area contributed by atoms with Crippen LogP contribution >= 0.6 is 0 Å². The van der Waals surface area contributed by atoms with Crippen LogP contribution in [0.4, 0.5) is 4.39 Å². The van der Waals surface area contributed by atoms with Gasteiger partial charge in [0, 0.05) is 24.4 Å². The van der Waals surface area contributed by atoms with E-state index >= 15 is 0 Å². The lowest BCUT2D eigenvalue weighted by Gasteiger charge is -2.43. The summed E-state index contributed by atoms with van der Waals surface area (Å²) < 4.78 is 13.3. The first kappa shape index (κ1) is 16.2. The number of hydroxylamine groups is 1. The molecule has 0 amide bonds. The third-order valence-electron chi connectivity index (χ3n) is 5.16. The summed E-state index contributed by atoms with van der Waals surface area (Å²) in [6.07, 6.45) is 3.60. The van der Waals surface area contributed by atoms with Crippen LogP contribution in [0.2, 0.25) is 0 Å². The Morgan fingerprint density at radius 1 is 1.04 bits per heavy atom. The van der Waals surface area contributed by atoms with Gasteiger partial charge in [-0.15, -0.1) is 0 Å². The molecule has 3 nitrogen and oxygen atoms in total. The summed E-state index contributed by atoms with van der Waals surface area (Å²) in [5.74, 6) is 0.537. The molecule has 5 rings (SSSR count). The minimum Gasteiger partial charge on any atom is -0.373 e. The summed E-state index contributed by atoms with van der Waals surface area (Å²) >= 11 is 0. The highest BCUT2D eigenvalue weighted by molar-refractivity contribution is 5.66. The smallest absolute Gasteiger partial charge is 0.123 e. The van der Waals surface area contributed by atoms with Gasteiger partial charge in [0.25, 0.3) is 0 Å². The van der Waals surface area contributed by atoms with Crippen LogP contribution in [0.25, 0.3) is 5.70 Å². The van der Waals surface area contributed by atoms with Crippen molar-refractivity contribution in [3.8, 4) is 0 Å². The van der Waals surface area contributed by atoms with E-state index in [1.165, 1.54) is 30.7 Å². The van der Waals surface area contributed by atoms with Crippen LogP contribution in [0.15, 0.2) is 60.3 Å². The molecule has 2 aromatic rings. The maximum atomic E-state index is 13.3. The number of piperidine rings is 3. The molecule has 3 saturated heterocycles. The molecule has 2 bridgehead atoms. The number of nitrogens with zero attached hydrogens (tertiary/aromatic N) is 1. The third-order valence-corrected chi connectivity index (χ3v) is 5.16. The maximum Gasteiger partial charge on any atom is 0.123 e. The van der Waals surface area contributed by atoms with Crippen molar-refractivity contribution in [3.63, 3.8) is 0 Å². The number of allylic oxidation sites excluding steroid dienone is 1. The Bertz CT molecular complexity index is 734. The van der Waals surface area contributed by atoms with E-state index in [0.29, 0.717) is 6.61 Å². The predicted molar refractivity (Wildman–Crippen MR) is 96.6 cm³/mol. The molecule has 3 aliphatic rings. The van der Waals surface area contributed by atoms with Gasteiger partial charge in [0.05, 0.1) is 12.3 Å². The van der Waals surface area contributed by atoms with Crippen molar-refractivity contribution < 1.29 is 9.23 Å². The Hall–Kier alpha value is -2.33. The molecule has 0 atom stereocenters. The van der Waals surface area contributed by atoms with Crippen molar-refractivity contribution >= 4 is 5.70 Å². The molecule has 0 saturated carbocycles. The number of nitrogens with one attached hydrogen (secondary N) is 1. The zero-order valence-corrected chi connectivity index (χ0v) is 14.2. The zero-order chi connectivity index (χ0) is 17.1. The molecule has 0 aromatic heterocycles. The first-order chi connectivity index (χ1) is 12.3. The summed E-state index contributed by atoms with van der Waals surface area (Å²) in [6.45, 7) is 2.69. The summed E-state index contributed by atoms with van der Waals surface area (Å²) in [5.41, 5.74) is 7.52. The second-order valence-corrected chi connectivity index (χ2v) is 6.84. The van der Waals surface area contributed by atoms with Crippen LogP contribution in [0.1, 0.15) is 30.4 Å². The second kappa shape index (κ2) is 7.28.